The van der Waals surface area contributed by atoms with E-state index in [-0.39, 0.29) is 11.6 Å². The second-order valence-corrected chi connectivity index (χ2v) is 6.70. The third-order valence-electron chi connectivity index (χ3n) is 4.45. The summed E-state index contributed by atoms with van der Waals surface area (Å²) in [6, 6.07) is 13.0. The molecule has 0 unspecified atom stereocenters. The summed E-state index contributed by atoms with van der Waals surface area (Å²) in [6.45, 7) is 1.89. The van der Waals surface area contributed by atoms with Crippen LogP contribution in [-0.4, -0.2) is 13.1 Å². The monoisotopic (exact) mass is 360 g/mol. The van der Waals surface area contributed by atoms with Crippen LogP contribution in [0.2, 0.25) is 0 Å². The quantitative estimate of drug-likeness (QED) is 0.393. The van der Waals surface area contributed by atoms with Crippen LogP contribution in [0.4, 0.5) is 20.2 Å². The van der Waals surface area contributed by atoms with Gasteiger partial charge in [-0.15, -0.1) is 0 Å². The van der Waals surface area contributed by atoms with Crippen LogP contribution in [0, 0.1) is 11.6 Å². The summed E-state index contributed by atoms with van der Waals surface area (Å²) in [6.07, 6.45) is 9.92. The first-order valence-corrected chi connectivity index (χ1v) is 9.73. The topological polar surface area (TPSA) is 24.1 Å². The van der Waals surface area contributed by atoms with E-state index >= 15 is 0 Å². The van der Waals surface area contributed by atoms with Gasteiger partial charge in [0.05, 0.1) is 0 Å². The van der Waals surface area contributed by atoms with Gasteiger partial charge in [0, 0.05) is 24.5 Å². The van der Waals surface area contributed by atoms with Gasteiger partial charge in [0.15, 0.2) is 0 Å². The molecule has 2 N–H and O–H groups in total. The number of anilines is 2. The Morgan fingerprint density at radius 2 is 0.769 bits per heavy atom. The minimum Gasteiger partial charge on any atom is -0.385 e. The largest absolute Gasteiger partial charge is 0.385 e. The van der Waals surface area contributed by atoms with Gasteiger partial charge in [0.2, 0.25) is 0 Å². The van der Waals surface area contributed by atoms with Gasteiger partial charge in [0.25, 0.3) is 0 Å². The molecule has 0 aliphatic carbocycles. The fraction of sp³-hybridized carbons (Fsp3) is 0.455. The smallest absolute Gasteiger partial charge is 0.123 e. The lowest BCUT2D eigenvalue weighted by molar-refractivity contribution is 0.577. The van der Waals surface area contributed by atoms with Crippen LogP contribution in [-0.2, 0) is 0 Å². The zero-order valence-electron chi connectivity index (χ0n) is 15.4. The molecule has 0 aliphatic heterocycles. The summed E-state index contributed by atoms with van der Waals surface area (Å²) in [7, 11) is 0. The van der Waals surface area contributed by atoms with E-state index in [1.807, 2.05) is 0 Å². The first-order chi connectivity index (χ1) is 12.7. The summed E-state index contributed by atoms with van der Waals surface area (Å²) < 4.78 is 25.6. The minimum atomic E-state index is -0.193. The summed E-state index contributed by atoms with van der Waals surface area (Å²) in [4.78, 5) is 0. The Hall–Kier alpha value is -2.10. The highest BCUT2D eigenvalue weighted by molar-refractivity contribution is 5.43. The van der Waals surface area contributed by atoms with Crippen molar-refractivity contribution in [1.82, 2.24) is 0 Å². The predicted octanol–water partition coefficient (Wildman–Crippen LogP) is 6.61. The highest BCUT2D eigenvalue weighted by atomic mass is 19.1. The van der Waals surface area contributed by atoms with Crippen molar-refractivity contribution >= 4 is 11.4 Å². The Balaban J connectivity index is 1.35. The predicted molar refractivity (Wildman–Crippen MR) is 107 cm³/mol. The van der Waals surface area contributed by atoms with Crippen molar-refractivity contribution in [3.05, 3.63) is 60.2 Å². The number of unbranched alkanes of at least 4 members (excludes halogenated alkanes) is 7. The molecule has 0 aromatic heterocycles. The number of benzene rings is 2. The fourth-order valence-corrected chi connectivity index (χ4v) is 2.91. The molecule has 4 heteroatoms. The number of hydrogen-bond acceptors (Lipinski definition) is 2. The van der Waals surface area contributed by atoms with Crippen LogP contribution < -0.4 is 10.6 Å². The third-order valence-corrected chi connectivity index (χ3v) is 4.45. The van der Waals surface area contributed by atoms with Crippen molar-refractivity contribution in [1.29, 1.82) is 0 Å². The Morgan fingerprint density at radius 1 is 0.462 bits per heavy atom. The number of hydrogen-bond donors (Lipinski definition) is 2. The molecule has 2 nitrogen and oxygen atoms in total. The van der Waals surface area contributed by atoms with E-state index < -0.39 is 0 Å². The molecule has 0 spiro atoms. The third kappa shape index (κ3) is 8.84. The molecule has 0 radical (unpaired) electrons. The number of halogens is 2. The maximum Gasteiger partial charge on any atom is 0.123 e. The van der Waals surface area contributed by atoms with Crippen LogP contribution in [0.1, 0.15) is 51.4 Å². The number of nitrogens with one attached hydrogen (secondary N) is 2. The van der Waals surface area contributed by atoms with E-state index in [0.717, 1.165) is 37.3 Å². The first-order valence-electron chi connectivity index (χ1n) is 9.73. The summed E-state index contributed by atoms with van der Waals surface area (Å²) in [5.74, 6) is -0.386. The first kappa shape index (κ1) is 20.2. The highest BCUT2D eigenvalue weighted by Gasteiger charge is 1.96. The molecular formula is C22H30F2N2. The summed E-state index contributed by atoms with van der Waals surface area (Å²) >= 11 is 0. The molecule has 0 amide bonds. The summed E-state index contributed by atoms with van der Waals surface area (Å²) in [5, 5.41) is 6.64. The lowest BCUT2D eigenvalue weighted by Crippen LogP contribution is -2.01. The maximum absolute atomic E-state index is 12.8. The Labute approximate surface area is 156 Å². The van der Waals surface area contributed by atoms with Crippen LogP contribution in [0.3, 0.4) is 0 Å². The van der Waals surface area contributed by atoms with E-state index in [0.29, 0.717) is 0 Å². The zero-order valence-corrected chi connectivity index (χ0v) is 15.4. The minimum absolute atomic E-state index is 0.193. The van der Waals surface area contributed by atoms with Gasteiger partial charge in [-0.05, 0) is 61.4 Å². The molecule has 0 saturated carbocycles. The van der Waals surface area contributed by atoms with Gasteiger partial charge in [-0.1, -0.05) is 38.5 Å². The second-order valence-electron chi connectivity index (χ2n) is 6.70. The number of rotatable bonds is 13. The van der Waals surface area contributed by atoms with Gasteiger partial charge in [-0.3, -0.25) is 0 Å². The Kier molecular flexibility index (Phi) is 9.55. The maximum atomic E-state index is 12.8. The molecule has 0 fully saturated rings. The van der Waals surface area contributed by atoms with Crippen molar-refractivity contribution in [2.24, 2.45) is 0 Å². The van der Waals surface area contributed by atoms with Crippen molar-refractivity contribution in [2.75, 3.05) is 23.7 Å². The van der Waals surface area contributed by atoms with Crippen LogP contribution >= 0.6 is 0 Å². The average Bonchev–Trinajstić information content (AvgIpc) is 2.65. The molecule has 2 aromatic carbocycles. The average molecular weight is 360 g/mol. The molecule has 26 heavy (non-hydrogen) atoms. The molecule has 0 heterocycles. The highest BCUT2D eigenvalue weighted by Crippen LogP contribution is 2.12. The summed E-state index contributed by atoms with van der Waals surface area (Å²) in [5.41, 5.74) is 1.97. The van der Waals surface area contributed by atoms with Gasteiger partial charge >= 0.3 is 0 Å². The molecule has 2 aromatic rings. The van der Waals surface area contributed by atoms with Crippen LogP contribution in [0.25, 0.3) is 0 Å². The van der Waals surface area contributed by atoms with E-state index in [1.165, 1.54) is 62.8 Å². The Morgan fingerprint density at radius 3 is 1.12 bits per heavy atom. The van der Waals surface area contributed by atoms with Gasteiger partial charge in [0.1, 0.15) is 11.6 Å². The standard InChI is InChI=1S/C22H30F2N2/c23-19-9-13-21(14-10-19)25-17-7-5-3-1-2-4-6-8-18-26-22-15-11-20(24)12-16-22/h9-16,25-26H,1-8,17-18H2. The van der Waals surface area contributed by atoms with Crippen LogP contribution in [0.5, 0.6) is 0 Å². The Bertz CT molecular complexity index is 541. The lowest BCUT2D eigenvalue weighted by Gasteiger charge is -2.07. The van der Waals surface area contributed by atoms with E-state index in [9.17, 15) is 8.78 Å². The SMILES string of the molecule is Fc1ccc(NCCCCCCCCCCNc2ccc(F)cc2)cc1. The van der Waals surface area contributed by atoms with E-state index in [4.69, 9.17) is 0 Å². The van der Waals surface area contributed by atoms with E-state index in [2.05, 4.69) is 10.6 Å². The van der Waals surface area contributed by atoms with Gasteiger partial charge < -0.3 is 10.6 Å². The molecule has 142 valence electrons. The molecule has 2 rings (SSSR count). The molecule has 0 saturated heterocycles. The van der Waals surface area contributed by atoms with Crippen molar-refractivity contribution in [3.8, 4) is 0 Å². The van der Waals surface area contributed by atoms with Crippen molar-refractivity contribution in [3.63, 3.8) is 0 Å². The van der Waals surface area contributed by atoms with Crippen molar-refractivity contribution < 1.29 is 8.78 Å². The van der Waals surface area contributed by atoms with Gasteiger partial charge in [-0.2, -0.15) is 0 Å². The normalized spacial score (nSPS) is 10.7. The lowest BCUT2D eigenvalue weighted by atomic mass is 10.1. The van der Waals surface area contributed by atoms with Crippen molar-refractivity contribution in [2.45, 2.75) is 51.4 Å². The van der Waals surface area contributed by atoms with E-state index in [1.54, 1.807) is 24.3 Å². The molecule has 0 bridgehead atoms. The molecular weight excluding hydrogens is 330 g/mol. The second kappa shape index (κ2) is 12.3. The van der Waals surface area contributed by atoms with Gasteiger partial charge in [-0.25, -0.2) is 8.78 Å². The molecule has 0 atom stereocenters. The fourth-order valence-electron chi connectivity index (χ4n) is 2.91. The van der Waals surface area contributed by atoms with Crippen LogP contribution in [0.15, 0.2) is 48.5 Å². The molecule has 0 aliphatic rings. The zero-order chi connectivity index (χ0) is 18.5.